The predicted molar refractivity (Wildman–Crippen MR) is 93.5 cm³/mol. The fourth-order valence-electron chi connectivity index (χ4n) is 4.17. The lowest BCUT2D eigenvalue weighted by atomic mass is 9.62. The lowest BCUT2D eigenvalue weighted by Crippen LogP contribution is -2.54. The van der Waals surface area contributed by atoms with Crippen LogP contribution in [0, 0.1) is 11.3 Å². The van der Waals surface area contributed by atoms with Gasteiger partial charge in [-0.3, -0.25) is 4.79 Å². The molecule has 2 aliphatic rings. The number of methoxy groups -OCH3 is 2. The third kappa shape index (κ3) is 2.41. The Balaban J connectivity index is 2.06. The predicted octanol–water partition coefficient (Wildman–Crippen LogP) is 3.19. The highest BCUT2D eigenvalue weighted by Gasteiger charge is 2.66. The average molecular weight is 344 g/mol. The molecule has 0 spiro atoms. The highest BCUT2D eigenvalue weighted by Crippen LogP contribution is 2.61. The summed E-state index contributed by atoms with van der Waals surface area (Å²) in [4.78, 5) is 12.5. The number of fused-ring (bicyclic) bond motifs is 1. The summed E-state index contributed by atoms with van der Waals surface area (Å²) in [5, 5.41) is 11.2. The van der Waals surface area contributed by atoms with Crippen LogP contribution in [-0.2, 0) is 9.53 Å². The van der Waals surface area contributed by atoms with Crippen molar-refractivity contribution in [3.8, 4) is 11.5 Å². The summed E-state index contributed by atoms with van der Waals surface area (Å²) in [5.74, 6) is -1.14. The number of rotatable bonds is 5. The van der Waals surface area contributed by atoms with Crippen LogP contribution in [0.2, 0.25) is 0 Å². The van der Waals surface area contributed by atoms with Gasteiger partial charge < -0.3 is 19.3 Å². The minimum atomic E-state index is -1.84. The summed E-state index contributed by atoms with van der Waals surface area (Å²) in [6.07, 6.45) is 5.58. The fourth-order valence-corrected chi connectivity index (χ4v) is 4.17. The second kappa shape index (κ2) is 6.32. The van der Waals surface area contributed by atoms with Crippen molar-refractivity contribution in [2.45, 2.75) is 31.7 Å². The Hall–Kier alpha value is -2.11. The monoisotopic (exact) mass is 344 g/mol. The number of aliphatic hydroxyl groups is 1. The molecule has 3 rings (SSSR count). The molecule has 1 N–H and O–H groups in total. The van der Waals surface area contributed by atoms with E-state index < -0.39 is 23.1 Å². The Morgan fingerprint density at radius 3 is 2.72 bits per heavy atom. The minimum absolute atomic E-state index is 0.0949. The SMILES string of the molecule is C=CC[C@@]12CC=CC(=O)[C@]1(O)O[C@H](c1ccc(OC)c(OC)c1)[C@@H]2C. The van der Waals surface area contributed by atoms with Crippen LogP contribution in [0.25, 0.3) is 0 Å². The van der Waals surface area contributed by atoms with Crippen molar-refractivity contribution >= 4 is 5.78 Å². The van der Waals surface area contributed by atoms with Crippen LogP contribution in [0.1, 0.15) is 31.4 Å². The van der Waals surface area contributed by atoms with E-state index in [1.165, 1.54) is 6.08 Å². The first-order valence-corrected chi connectivity index (χ1v) is 8.37. The molecule has 1 saturated heterocycles. The molecule has 1 aromatic rings. The van der Waals surface area contributed by atoms with Crippen LogP contribution in [0.15, 0.2) is 43.0 Å². The number of hydrogen-bond acceptors (Lipinski definition) is 5. The van der Waals surface area contributed by atoms with Crippen molar-refractivity contribution in [1.29, 1.82) is 0 Å². The number of carbonyl (C=O) groups is 1. The highest BCUT2D eigenvalue weighted by molar-refractivity contribution is 5.97. The molecule has 0 saturated carbocycles. The van der Waals surface area contributed by atoms with Crippen molar-refractivity contribution in [3.63, 3.8) is 0 Å². The van der Waals surface area contributed by atoms with Gasteiger partial charge in [0.25, 0.3) is 0 Å². The van der Waals surface area contributed by atoms with E-state index in [4.69, 9.17) is 14.2 Å². The summed E-state index contributed by atoms with van der Waals surface area (Å²) in [7, 11) is 3.15. The van der Waals surface area contributed by atoms with Gasteiger partial charge in [0.1, 0.15) is 0 Å². The molecule has 0 amide bonds. The number of benzene rings is 1. The lowest BCUT2D eigenvalue weighted by Gasteiger charge is -2.42. The summed E-state index contributed by atoms with van der Waals surface area (Å²) >= 11 is 0. The van der Waals surface area contributed by atoms with Crippen LogP contribution in [0.5, 0.6) is 11.5 Å². The zero-order chi connectivity index (χ0) is 18.2. The molecule has 5 heteroatoms. The molecule has 0 bridgehead atoms. The van der Waals surface area contributed by atoms with Gasteiger partial charge in [0.2, 0.25) is 11.6 Å². The zero-order valence-electron chi connectivity index (χ0n) is 14.8. The van der Waals surface area contributed by atoms with Crippen LogP contribution >= 0.6 is 0 Å². The van der Waals surface area contributed by atoms with Crippen molar-refractivity contribution in [3.05, 3.63) is 48.6 Å². The molecular formula is C20H24O5. The highest BCUT2D eigenvalue weighted by atomic mass is 16.6. The first kappa shape index (κ1) is 17.7. The summed E-state index contributed by atoms with van der Waals surface area (Å²) in [5.41, 5.74) is 0.113. The van der Waals surface area contributed by atoms with Gasteiger partial charge in [-0.15, -0.1) is 6.58 Å². The molecule has 0 unspecified atom stereocenters. The van der Waals surface area contributed by atoms with Gasteiger partial charge in [0.15, 0.2) is 11.5 Å². The Bertz CT molecular complexity index is 725. The van der Waals surface area contributed by atoms with Gasteiger partial charge in [0.05, 0.1) is 20.3 Å². The van der Waals surface area contributed by atoms with Gasteiger partial charge >= 0.3 is 0 Å². The maximum atomic E-state index is 12.5. The van der Waals surface area contributed by atoms with E-state index in [0.717, 1.165) is 5.56 Å². The number of carbonyl (C=O) groups excluding carboxylic acids is 1. The largest absolute Gasteiger partial charge is 0.493 e. The Morgan fingerprint density at radius 2 is 2.08 bits per heavy atom. The minimum Gasteiger partial charge on any atom is -0.493 e. The second-order valence-electron chi connectivity index (χ2n) is 6.71. The molecule has 1 fully saturated rings. The van der Waals surface area contributed by atoms with E-state index in [-0.39, 0.29) is 5.92 Å². The number of allylic oxidation sites excluding steroid dienone is 2. The van der Waals surface area contributed by atoms with Crippen LogP contribution in [0.3, 0.4) is 0 Å². The first-order valence-electron chi connectivity index (χ1n) is 8.37. The molecule has 1 aliphatic heterocycles. The molecular weight excluding hydrogens is 320 g/mol. The second-order valence-corrected chi connectivity index (χ2v) is 6.71. The Morgan fingerprint density at radius 1 is 1.36 bits per heavy atom. The fraction of sp³-hybridized carbons (Fsp3) is 0.450. The maximum absolute atomic E-state index is 12.5. The molecule has 1 heterocycles. The molecule has 0 radical (unpaired) electrons. The third-order valence-electron chi connectivity index (χ3n) is 5.63. The van der Waals surface area contributed by atoms with E-state index in [2.05, 4.69) is 6.58 Å². The smallest absolute Gasteiger partial charge is 0.237 e. The summed E-state index contributed by atoms with van der Waals surface area (Å²) in [6, 6.07) is 5.51. The van der Waals surface area contributed by atoms with E-state index in [1.54, 1.807) is 26.4 Å². The molecule has 4 atom stereocenters. The Labute approximate surface area is 147 Å². The Kier molecular flexibility index (Phi) is 4.47. The quantitative estimate of drug-likeness (QED) is 0.831. The number of ether oxygens (including phenoxy) is 3. The summed E-state index contributed by atoms with van der Waals surface area (Å²) < 4.78 is 16.7. The van der Waals surface area contributed by atoms with Gasteiger partial charge in [-0.25, -0.2) is 0 Å². The van der Waals surface area contributed by atoms with Gasteiger partial charge in [-0.1, -0.05) is 25.1 Å². The van der Waals surface area contributed by atoms with Crippen molar-refractivity contribution in [2.75, 3.05) is 14.2 Å². The average Bonchev–Trinajstić information content (AvgIpc) is 2.85. The molecule has 1 aliphatic carbocycles. The molecule has 0 aromatic heterocycles. The lowest BCUT2D eigenvalue weighted by molar-refractivity contribution is -0.229. The van der Waals surface area contributed by atoms with E-state index in [9.17, 15) is 9.90 Å². The van der Waals surface area contributed by atoms with Crippen molar-refractivity contribution < 1.29 is 24.1 Å². The standard InChI is InChI=1S/C20H24O5/c1-5-10-19-11-6-7-17(21)20(19,22)25-18(13(19)2)14-8-9-15(23-3)16(12-14)24-4/h5-9,12-13,18,22H,1,10-11H2,2-4H3/t13-,18-,19-,20-/m0/s1. The van der Waals surface area contributed by atoms with Crippen LogP contribution < -0.4 is 9.47 Å². The normalized spacial score (nSPS) is 33.8. The van der Waals surface area contributed by atoms with E-state index >= 15 is 0 Å². The van der Waals surface area contributed by atoms with E-state index in [1.807, 2.05) is 25.1 Å². The molecule has 134 valence electrons. The zero-order valence-corrected chi connectivity index (χ0v) is 14.8. The molecule has 1 aromatic carbocycles. The van der Waals surface area contributed by atoms with Gasteiger partial charge in [-0.2, -0.15) is 0 Å². The van der Waals surface area contributed by atoms with Crippen molar-refractivity contribution in [2.24, 2.45) is 11.3 Å². The third-order valence-corrected chi connectivity index (χ3v) is 5.63. The van der Waals surface area contributed by atoms with Gasteiger partial charge in [-0.05, 0) is 42.5 Å². The van der Waals surface area contributed by atoms with Gasteiger partial charge in [0, 0.05) is 5.41 Å². The van der Waals surface area contributed by atoms with Crippen LogP contribution in [0.4, 0.5) is 0 Å². The van der Waals surface area contributed by atoms with Crippen LogP contribution in [-0.4, -0.2) is 30.9 Å². The number of hydrogen-bond donors (Lipinski definition) is 1. The molecule has 5 nitrogen and oxygen atoms in total. The topological polar surface area (TPSA) is 65.0 Å². The maximum Gasteiger partial charge on any atom is 0.237 e. The summed E-state index contributed by atoms with van der Waals surface area (Å²) in [6.45, 7) is 5.82. The molecule has 25 heavy (non-hydrogen) atoms. The first-order chi connectivity index (χ1) is 11.9. The number of ketones is 1. The van der Waals surface area contributed by atoms with E-state index in [0.29, 0.717) is 24.3 Å². The van der Waals surface area contributed by atoms with Crippen molar-refractivity contribution in [1.82, 2.24) is 0 Å².